The van der Waals surface area contributed by atoms with E-state index in [-0.39, 0.29) is 17.3 Å². The first kappa shape index (κ1) is 11.1. The van der Waals surface area contributed by atoms with E-state index in [4.69, 9.17) is 4.74 Å². The first-order valence-corrected chi connectivity index (χ1v) is 5.31. The van der Waals surface area contributed by atoms with Crippen molar-refractivity contribution in [1.29, 1.82) is 0 Å². The van der Waals surface area contributed by atoms with Crippen molar-refractivity contribution < 1.29 is 9.66 Å². The number of benzene rings is 1. The van der Waals surface area contributed by atoms with Crippen LogP contribution in [-0.4, -0.2) is 24.9 Å². The zero-order chi connectivity index (χ0) is 13.2. The van der Waals surface area contributed by atoms with Gasteiger partial charge in [-0.2, -0.15) is 4.98 Å². The number of rotatable bonds is 3. The average Bonchev–Trinajstić information content (AvgIpc) is 2.88. The molecule has 0 bridgehead atoms. The van der Waals surface area contributed by atoms with Gasteiger partial charge < -0.3 is 9.72 Å². The van der Waals surface area contributed by atoms with Crippen LogP contribution in [0.3, 0.4) is 0 Å². The van der Waals surface area contributed by atoms with Gasteiger partial charge in [-0.05, 0) is 6.07 Å². The molecule has 0 spiro atoms. The topological polar surface area (TPSA) is 107 Å². The molecule has 19 heavy (non-hydrogen) atoms. The van der Waals surface area contributed by atoms with Crippen LogP contribution in [0.4, 0.5) is 5.69 Å². The Hall–Kier alpha value is -3.03. The van der Waals surface area contributed by atoms with Gasteiger partial charge in [0, 0.05) is 6.07 Å². The van der Waals surface area contributed by atoms with Gasteiger partial charge in [0.2, 0.25) is 11.6 Å². The van der Waals surface area contributed by atoms with Gasteiger partial charge in [0.25, 0.3) is 0 Å². The summed E-state index contributed by atoms with van der Waals surface area (Å²) in [5.74, 6) is 0.305. The predicted octanol–water partition coefficient (Wildman–Crippen LogP) is 2.05. The Kier molecular flexibility index (Phi) is 2.53. The van der Waals surface area contributed by atoms with Gasteiger partial charge in [-0.3, -0.25) is 10.1 Å². The lowest BCUT2D eigenvalue weighted by molar-refractivity contribution is -0.385. The summed E-state index contributed by atoms with van der Waals surface area (Å²) in [5.41, 5.74) is 0.790. The Morgan fingerprint density at radius 3 is 2.89 bits per heavy atom. The maximum Gasteiger partial charge on any atom is 0.311 e. The molecule has 2 aromatic heterocycles. The molecule has 0 radical (unpaired) electrons. The van der Waals surface area contributed by atoms with E-state index in [0.717, 1.165) is 0 Å². The van der Waals surface area contributed by atoms with E-state index in [2.05, 4.69) is 19.9 Å². The monoisotopic (exact) mass is 257 g/mol. The van der Waals surface area contributed by atoms with E-state index in [0.29, 0.717) is 11.2 Å². The first-order valence-electron chi connectivity index (χ1n) is 5.31. The highest BCUT2D eigenvalue weighted by Crippen LogP contribution is 2.31. The number of fused-ring (bicyclic) bond motifs is 1. The predicted molar refractivity (Wildman–Crippen MR) is 64.9 cm³/mol. The lowest BCUT2D eigenvalue weighted by Crippen LogP contribution is -1.95. The third-order valence-electron chi connectivity index (χ3n) is 2.46. The largest absolute Gasteiger partial charge is 0.430 e. The van der Waals surface area contributed by atoms with Crippen LogP contribution >= 0.6 is 0 Å². The molecule has 2 heterocycles. The summed E-state index contributed by atoms with van der Waals surface area (Å²) in [6, 6.07) is 6.08. The molecule has 0 atom stereocenters. The molecule has 0 amide bonds. The number of hydrogen-bond donors (Lipinski definition) is 1. The Morgan fingerprint density at radius 2 is 2.05 bits per heavy atom. The van der Waals surface area contributed by atoms with Crippen molar-refractivity contribution in [2.24, 2.45) is 0 Å². The number of aromatic amines is 1. The van der Waals surface area contributed by atoms with E-state index >= 15 is 0 Å². The summed E-state index contributed by atoms with van der Waals surface area (Å²) in [6.45, 7) is 0. The van der Waals surface area contributed by atoms with Crippen LogP contribution in [-0.2, 0) is 0 Å². The number of aromatic nitrogens is 4. The van der Waals surface area contributed by atoms with Gasteiger partial charge in [-0.15, -0.1) is 0 Å². The molecule has 0 aliphatic carbocycles. The molecule has 8 nitrogen and oxygen atoms in total. The van der Waals surface area contributed by atoms with Gasteiger partial charge in [0.15, 0.2) is 5.65 Å². The normalized spacial score (nSPS) is 10.5. The van der Waals surface area contributed by atoms with Crippen molar-refractivity contribution in [3.63, 3.8) is 0 Å². The average molecular weight is 257 g/mol. The fourth-order valence-electron chi connectivity index (χ4n) is 1.62. The molecular formula is C11H7N5O3. The van der Waals surface area contributed by atoms with Crippen LogP contribution in [0, 0.1) is 10.1 Å². The standard InChI is InChI=1S/C11H7N5O3/c17-16(18)7-3-1-2-4-8(7)19-11-9-10(13-5-12-9)14-6-15-11/h1-6H,(H,12,13,14,15). The fraction of sp³-hybridized carbons (Fsp3) is 0. The summed E-state index contributed by atoms with van der Waals surface area (Å²) in [5, 5.41) is 10.9. The van der Waals surface area contributed by atoms with Crippen LogP contribution in [0.5, 0.6) is 11.6 Å². The number of para-hydroxylation sites is 2. The molecular weight excluding hydrogens is 250 g/mol. The minimum absolute atomic E-state index is 0.113. The highest BCUT2D eigenvalue weighted by Gasteiger charge is 2.16. The highest BCUT2D eigenvalue weighted by atomic mass is 16.6. The Morgan fingerprint density at radius 1 is 1.21 bits per heavy atom. The van der Waals surface area contributed by atoms with Crippen molar-refractivity contribution in [2.75, 3.05) is 0 Å². The van der Waals surface area contributed by atoms with E-state index in [1.165, 1.54) is 24.8 Å². The summed E-state index contributed by atoms with van der Waals surface area (Å²) in [7, 11) is 0. The van der Waals surface area contributed by atoms with Gasteiger partial charge in [-0.25, -0.2) is 9.97 Å². The van der Waals surface area contributed by atoms with Crippen molar-refractivity contribution >= 4 is 16.9 Å². The number of H-pyrrole nitrogens is 1. The second-order valence-electron chi connectivity index (χ2n) is 3.61. The number of ether oxygens (including phenoxy) is 1. The van der Waals surface area contributed by atoms with Crippen LogP contribution in [0.15, 0.2) is 36.9 Å². The number of nitrogens with one attached hydrogen (secondary N) is 1. The summed E-state index contributed by atoms with van der Waals surface area (Å²) in [4.78, 5) is 25.1. The first-order chi connectivity index (χ1) is 9.25. The van der Waals surface area contributed by atoms with Crippen molar-refractivity contribution in [3.05, 3.63) is 47.0 Å². The molecule has 0 fully saturated rings. The SMILES string of the molecule is O=[N+]([O-])c1ccccc1Oc1ncnc2nc[nH]c12. The summed E-state index contributed by atoms with van der Waals surface area (Å²) in [6.07, 6.45) is 2.74. The van der Waals surface area contributed by atoms with Crippen LogP contribution in [0.25, 0.3) is 11.2 Å². The molecule has 3 rings (SSSR count). The molecule has 0 saturated carbocycles. The minimum Gasteiger partial charge on any atom is -0.430 e. The van der Waals surface area contributed by atoms with Crippen LogP contribution < -0.4 is 4.74 Å². The zero-order valence-electron chi connectivity index (χ0n) is 9.48. The molecule has 8 heteroatoms. The lowest BCUT2D eigenvalue weighted by atomic mass is 10.3. The number of imidazole rings is 1. The summed E-state index contributed by atoms with van der Waals surface area (Å²) >= 11 is 0. The number of nitrogens with zero attached hydrogens (tertiary/aromatic N) is 4. The van der Waals surface area contributed by atoms with E-state index in [1.807, 2.05) is 0 Å². The van der Waals surface area contributed by atoms with Gasteiger partial charge >= 0.3 is 5.69 Å². The second-order valence-corrected chi connectivity index (χ2v) is 3.61. The molecule has 0 aliphatic heterocycles. The van der Waals surface area contributed by atoms with E-state index in [1.54, 1.807) is 12.1 Å². The molecule has 0 saturated heterocycles. The fourth-order valence-corrected chi connectivity index (χ4v) is 1.62. The van der Waals surface area contributed by atoms with Crippen LogP contribution in [0.1, 0.15) is 0 Å². The van der Waals surface area contributed by atoms with Crippen molar-refractivity contribution in [2.45, 2.75) is 0 Å². The highest BCUT2D eigenvalue weighted by molar-refractivity contribution is 5.75. The Labute approximate surface area is 106 Å². The zero-order valence-corrected chi connectivity index (χ0v) is 9.48. The summed E-state index contributed by atoms with van der Waals surface area (Å²) < 4.78 is 5.48. The van der Waals surface area contributed by atoms with Gasteiger partial charge in [0.1, 0.15) is 11.8 Å². The molecule has 0 aliphatic rings. The van der Waals surface area contributed by atoms with Crippen molar-refractivity contribution in [1.82, 2.24) is 19.9 Å². The Bertz CT molecular complexity index is 755. The smallest absolute Gasteiger partial charge is 0.311 e. The lowest BCUT2D eigenvalue weighted by Gasteiger charge is -2.05. The van der Waals surface area contributed by atoms with Gasteiger partial charge in [-0.1, -0.05) is 12.1 Å². The molecule has 0 unspecified atom stereocenters. The third kappa shape index (κ3) is 1.95. The minimum atomic E-state index is -0.513. The molecule has 94 valence electrons. The maximum absolute atomic E-state index is 10.9. The molecule has 3 aromatic rings. The van der Waals surface area contributed by atoms with E-state index in [9.17, 15) is 10.1 Å². The molecule has 1 N–H and O–H groups in total. The van der Waals surface area contributed by atoms with Crippen molar-refractivity contribution in [3.8, 4) is 11.6 Å². The van der Waals surface area contributed by atoms with E-state index < -0.39 is 4.92 Å². The number of nitro groups is 1. The Balaban J connectivity index is 2.06. The maximum atomic E-state index is 10.9. The third-order valence-corrected chi connectivity index (χ3v) is 2.46. The molecule has 1 aromatic carbocycles. The number of nitro benzene ring substituents is 1. The number of hydrogen-bond acceptors (Lipinski definition) is 6. The quantitative estimate of drug-likeness (QED) is 0.568. The second kappa shape index (κ2) is 4.33. The van der Waals surface area contributed by atoms with Crippen LogP contribution in [0.2, 0.25) is 0 Å². The van der Waals surface area contributed by atoms with Gasteiger partial charge in [0.05, 0.1) is 11.3 Å².